The van der Waals surface area contributed by atoms with Crippen molar-refractivity contribution in [2.75, 3.05) is 0 Å². The maximum Gasteiger partial charge on any atom is 0.310 e. The second kappa shape index (κ2) is 3.24. The summed E-state index contributed by atoms with van der Waals surface area (Å²) in [5.74, 6) is -1.34. The maximum atomic E-state index is 10.5. The summed E-state index contributed by atoms with van der Waals surface area (Å²) >= 11 is 0. The Hall–Kier alpha value is -1.24. The molecule has 0 spiro atoms. The summed E-state index contributed by atoms with van der Waals surface area (Å²) in [5, 5.41) is 16.8. The van der Waals surface area contributed by atoms with E-state index in [1.807, 2.05) is 0 Å². The van der Waals surface area contributed by atoms with E-state index in [4.69, 9.17) is 10.4 Å². The van der Waals surface area contributed by atoms with Crippen LogP contribution in [-0.2, 0) is 9.53 Å². The number of nitrogens with zero attached hydrogens (tertiary/aromatic N) is 1. The van der Waals surface area contributed by atoms with Crippen molar-refractivity contribution in [3.05, 3.63) is 0 Å². The van der Waals surface area contributed by atoms with Crippen molar-refractivity contribution < 1.29 is 14.6 Å². The average Bonchev–Trinajstić information content (AvgIpc) is 2.36. The molecule has 4 heteroatoms. The molecular weight excluding hydrogens is 146 g/mol. The van der Waals surface area contributed by atoms with Crippen LogP contribution < -0.4 is 0 Å². The van der Waals surface area contributed by atoms with Crippen molar-refractivity contribution in [1.29, 1.82) is 5.26 Å². The minimum atomic E-state index is -0.859. The molecule has 1 fully saturated rings. The van der Waals surface area contributed by atoms with Gasteiger partial charge in [-0.05, 0) is 19.3 Å². The highest BCUT2D eigenvalue weighted by molar-refractivity contribution is 5.71. The average molecular weight is 155 g/mol. The summed E-state index contributed by atoms with van der Waals surface area (Å²) in [6.45, 7) is 0. The molecule has 11 heavy (non-hydrogen) atoms. The van der Waals surface area contributed by atoms with Crippen LogP contribution in [0.4, 0.5) is 0 Å². The van der Waals surface area contributed by atoms with Gasteiger partial charge in [0.2, 0.25) is 0 Å². The molecule has 1 rings (SSSR count). The molecule has 4 nitrogen and oxygen atoms in total. The molecule has 1 saturated carbocycles. The monoisotopic (exact) mass is 155 g/mol. The maximum absolute atomic E-state index is 10.5. The lowest BCUT2D eigenvalue weighted by Crippen LogP contribution is -2.23. The standard InChI is InChI=1S/C7H9NO3/c8-4-11-6-3-1-2-5(6)7(9)10/h5-6H,1-3H2,(H,9,10). The number of carbonyl (C=O) groups is 1. The Morgan fingerprint density at radius 3 is 2.91 bits per heavy atom. The Bertz CT molecular complexity index is 196. The zero-order valence-corrected chi connectivity index (χ0v) is 5.99. The lowest BCUT2D eigenvalue weighted by Gasteiger charge is -2.10. The Morgan fingerprint density at radius 1 is 1.64 bits per heavy atom. The molecular formula is C7H9NO3. The largest absolute Gasteiger partial charge is 0.481 e. The van der Waals surface area contributed by atoms with Gasteiger partial charge in [-0.25, -0.2) is 0 Å². The first-order valence-corrected chi connectivity index (χ1v) is 3.53. The van der Waals surface area contributed by atoms with Gasteiger partial charge in [0, 0.05) is 0 Å². The predicted octanol–water partition coefficient (Wildman–Crippen LogP) is 0.737. The van der Waals surface area contributed by atoms with Gasteiger partial charge in [-0.3, -0.25) is 4.79 Å². The second-order valence-electron chi connectivity index (χ2n) is 2.62. The van der Waals surface area contributed by atoms with Gasteiger partial charge in [0.25, 0.3) is 6.26 Å². The van der Waals surface area contributed by atoms with Crippen LogP contribution in [0.5, 0.6) is 0 Å². The van der Waals surface area contributed by atoms with Crippen LogP contribution in [0.1, 0.15) is 19.3 Å². The molecule has 0 amide bonds. The molecule has 0 aromatic heterocycles. The van der Waals surface area contributed by atoms with E-state index in [2.05, 4.69) is 4.74 Å². The molecule has 0 aromatic rings. The molecule has 2 unspecified atom stereocenters. The van der Waals surface area contributed by atoms with E-state index in [9.17, 15) is 4.79 Å². The van der Waals surface area contributed by atoms with Crippen molar-refractivity contribution in [2.45, 2.75) is 25.4 Å². The number of carboxylic acids is 1. The first-order chi connectivity index (χ1) is 5.25. The van der Waals surface area contributed by atoms with Crippen molar-refractivity contribution in [3.63, 3.8) is 0 Å². The van der Waals surface area contributed by atoms with Crippen LogP contribution in [0.15, 0.2) is 0 Å². The minimum Gasteiger partial charge on any atom is -0.481 e. The molecule has 0 heterocycles. The normalized spacial score (nSPS) is 29.4. The van der Waals surface area contributed by atoms with E-state index in [1.165, 1.54) is 6.26 Å². The Kier molecular flexibility index (Phi) is 2.32. The van der Waals surface area contributed by atoms with E-state index in [-0.39, 0.29) is 0 Å². The van der Waals surface area contributed by atoms with E-state index in [0.717, 1.165) is 6.42 Å². The number of ether oxygens (including phenoxy) is 1. The van der Waals surface area contributed by atoms with Crippen LogP contribution >= 0.6 is 0 Å². The van der Waals surface area contributed by atoms with E-state index in [0.29, 0.717) is 12.8 Å². The fraction of sp³-hybridized carbons (Fsp3) is 0.714. The Labute approximate surface area is 64.4 Å². The summed E-state index contributed by atoms with van der Waals surface area (Å²) < 4.78 is 4.60. The molecule has 0 radical (unpaired) electrons. The van der Waals surface area contributed by atoms with Gasteiger partial charge >= 0.3 is 5.97 Å². The molecule has 1 aliphatic rings. The quantitative estimate of drug-likeness (QED) is 0.597. The third kappa shape index (κ3) is 1.61. The molecule has 0 bridgehead atoms. The van der Waals surface area contributed by atoms with Crippen LogP contribution in [0.3, 0.4) is 0 Å². The van der Waals surface area contributed by atoms with Gasteiger partial charge in [0.05, 0.1) is 5.92 Å². The van der Waals surface area contributed by atoms with Crippen LogP contribution in [0.2, 0.25) is 0 Å². The lowest BCUT2D eigenvalue weighted by molar-refractivity contribution is -0.144. The van der Waals surface area contributed by atoms with Gasteiger partial charge in [0.1, 0.15) is 6.10 Å². The second-order valence-corrected chi connectivity index (χ2v) is 2.62. The fourth-order valence-corrected chi connectivity index (χ4v) is 1.42. The van der Waals surface area contributed by atoms with Crippen molar-refractivity contribution in [3.8, 4) is 6.26 Å². The third-order valence-electron chi connectivity index (χ3n) is 1.97. The minimum absolute atomic E-state index is 0.391. The van der Waals surface area contributed by atoms with Crippen molar-refractivity contribution in [2.24, 2.45) is 5.92 Å². The van der Waals surface area contributed by atoms with Gasteiger partial charge in [-0.15, -0.1) is 0 Å². The first kappa shape index (κ1) is 7.86. The summed E-state index contributed by atoms with van der Waals surface area (Å²) in [6, 6.07) is 0. The number of rotatable bonds is 2. The summed E-state index contributed by atoms with van der Waals surface area (Å²) in [5.41, 5.74) is 0. The highest BCUT2D eigenvalue weighted by Crippen LogP contribution is 2.27. The smallest absolute Gasteiger partial charge is 0.310 e. The highest BCUT2D eigenvalue weighted by Gasteiger charge is 2.34. The van der Waals surface area contributed by atoms with E-state index >= 15 is 0 Å². The number of hydrogen-bond donors (Lipinski definition) is 1. The Balaban J connectivity index is 2.52. The number of carboxylic acid groups (broad SMARTS) is 1. The fourth-order valence-electron chi connectivity index (χ4n) is 1.42. The topological polar surface area (TPSA) is 70.3 Å². The summed E-state index contributed by atoms with van der Waals surface area (Å²) in [7, 11) is 0. The molecule has 0 saturated heterocycles. The van der Waals surface area contributed by atoms with Gasteiger partial charge < -0.3 is 9.84 Å². The number of nitriles is 1. The first-order valence-electron chi connectivity index (χ1n) is 3.53. The highest BCUT2D eigenvalue weighted by atomic mass is 16.5. The zero-order valence-electron chi connectivity index (χ0n) is 5.99. The lowest BCUT2D eigenvalue weighted by atomic mass is 10.1. The SMILES string of the molecule is N#COC1CCCC1C(=O)O. The molecule has 1 aliphatic carbocycles. The molecule has 2 atom stereocenters. The molecule has 0 aliphatic heterocycles. The molecule has 1 N–H and O–H groups in total. The zero-order chi connectivity index (χ0) is 8.27. The van der Waals surface area contributed by atoms with Crippen LogP contribution in [0.25, 0.3) is 0 Å². The van der Waals surface area contributed by atoms with Crippen LogP contribution in [-0.4, -0.2) is 17.2 Å². The predicted molar refractivity (Wildman–Crippen MR) is 35.5 cm³/mol. The van der Waals surface area contributed by atoms with Gasteiger partial charge in [-0.1, -0.05) is 0 Å². The van der Waals surface area contributed by atoms with Crippen molar-refractivity contribution >= 4 is 5.97 Å². The van der Waals surface area contributed by atoms with Gasteiger partial charge in [0.15, 0.2) is 0 Å². The van der Waals surface area contributed by atoms with Crippen LogP contribution in [0, 0.1) is 17.4 Å². The molecule has 0 aromatic carbocycles. The third-order valence-corrected chi connectivity index (χ3v) is 1.97. The summed E-state index contributed by atoms with van der Waals surface area (Å²) in [4.78, 5) is 10.5. The Morgan fingerprint density at radius 2 is 2.36 bits per heavy atom. The number of aliphatic carboxylic acids is 1. The summed E-state index contributed by atoms with van der Waals surface area (Å²) in [6.07, 6.45) is 3.29. The van der Waals surface area contributed by atoms with E-state index < -0.39 is 18.0 Å². The number of hydrogen-bond acceptors (Lipinski definition) is 3. The molecule has 60 valence electrons. The van der Waals surface area contributed by atoms with E-state index in [1.54, 1.807) is 0 Å². The van der Waals surface area contributed by atoms with Crippen molar-refractivity contribution in [1.82, 2.24) is 0 Å². The van der Waals surface area contributed by atoms with Gasteiger partial charge in [-0.2, -0.15) is 5.26 Å².